The topological polar surface area (TPSA) is 46.2 Å². The molecule has 5 heteroatoms. The van der Waals surface area contributed by atoms with Crippen LogP contribution < -0.4 is 5.32 Å². The molecule has 2 aromatic rings. The maximum absolute atomic E-state index is 12.5. The van der Waals surface area contributed by atoms with Crippen molar-refractivity contribution in [2.75, 3.05) is 9.74 Å². The van der Waals surface area contributed by atoms with Gasteiger partial charge in [0.2, 0.25) is 5.91 Å². The third-order valence-electron chi connectivity index (χ3n) is 2.66. The first-order valence-electron chi connectivity index (χ1n) is 5.87. The van der Waals surface area contributed by atoms with Gasteiger partial charge < -0.3 is 5.32 Å². The predicted molar refractivity (Wildman–Crippen MR) is 88.8 cm³/mol. The zero-order chi connectivity index (χ0) is 14.5. The molecule has 2 aromatic carbocycles. The van der Waals surface area contributed by atoms with Crippen molar-refractivity contribution in [2.24, 2.45) is 0 Å². The number of carbonyl (C=O) groups is 2. The minimum Gasteiger partial charge on any atom is -0.325 e. The van der Waals surface area contributed by atoms with E-state index < -0.39 is 0 Å². The van der Waals surface area contributed by atoms with E-state index in [0.29, 0.717) is 26.3 Å². The highest BCUT2D eigenvalue weighted by atomic mass is 127. The Morgan fingerprint density at radius 3 is 2.45 bits per heavy atom. The lowest BCUT2D eigenvalue weighted by atomic mass is 10.0. The average Bonchev–Trinajstić information content (AvgIpc) is 2.49. The molecule has 1 amide bonds. The van der Waals surface area contributed by atoms with Crippen molar-refractivity contribution in [1.82, 2.24) is 0 Å². The van der Waals surface area contributed by atoms with E-state index in [1.54, 1.807) is 42.5 Å². The Balaban J connectivity index is 2.41. The smallest absolute Gasteiger partial charge is 0.234 e. The monoisotopic (exact) mass is 399 g/mol. The number of hydrogen-bond acceptors (Lipinski definition) is 2. The molecule has 0 heterocycles. The number of hydrogen-bond donors (Lipinski definition) is 1. The molecule has 20 heavy (non-hydrogen) atoms. The zero-order valence-corrected chi connectivity index (χ0v) is 13.3. The Kier molecular flexibility index (Phi) is 5.14. The zero-order valence-electron chi connectivity index (χ0n) is 10.4. The van der Waals surface area contributed by atoms with E-state index in [0.717, 1.165) is 0 Å². The number of rotatable bonds is 4. The molecule has 1 N–H and O–H groups in total. The predicted octanol–water partition coefficient (Wildman–Crippen LogP) is 3.94. The van der Waals surface area contributed by atoms with E-state index in [2.05, 4.69) is 5.32 Å². The molecule has 3 nitrogen and oxygen atoms in total. The third-order valence-corrected chi connectivity index (χ3v) is 3.59. The number of ketones is 1. The lowest BCUT2D eigenvalue weighted by Gasteiger charge is -2.10. The third kappa shape index (κ3) is 3.58. The van der Waals surface area contributed by atoms with Gasteiger partial charge in [0.1, 0.15) is 0 Å². The van der Waals surface area contributed by atoms with E-state index in [1.165, 1.54) is 0 Å². The molecule has 0 atom stereocenters. The fourth-order valence-electron chi connectivity index (χ4n) is 1.74. The van der Waals surface area contributed by atoms with Crippen molar-refractivity contribution >= 4 is 51.6 Å². The molecule has 0 spiro atoms. The van der Waals surface area contributed by atoms with Gasteiger partial charge in [0.25, 0.3) is 0 Å². The summed E-state index contributed by atoms with van der Waals surface area (Å²) in [5.74, 6) is -0.327. The van der Waals surface area contributed by atoms with Crippen molar-refractivity contribution in [2.45, 2.75) is 0 Å². The molecule has 0 aromatic heterocycles. The molecule has 0 unspecified atom stereocenters. The van der Waals surface area contributed by atoms with Crippen LogP contribution >= 0.6 is 34.2 Å². The second kappa shape index (κ2) is 6.85. The van der Waals surface area contributed by atoms with Gasteiger partial charge in [-0.2, -0.15) is 0 Å². The van der Waals surface area contributed by atoms with Gasteiger partial charge in [0.15, 0.2) is 5.78 Å². The highest BCUT2D eigenvalue weighted by molar-refractivity contribution is 14.1. The van der Waals surface area contributed by atoms with Gasteiger partial charge >= 0.3 is 0 Å². The Bertz CT molecular complexity index is 644. The lowest BCUT2D eigenvalue weighted by molar-refractivity contribution is -0.113. The van der Waals surface area contributed by atoms with Gasteiger partial charge in [-0.15, -0.1) is 0 Å². The standard InChI is InChI=1S/C15H11ClINO2/c16-11-6-7-13(18-14(19)9-17)12(8-11)15(20)10-4-2-1-3-5-10/h1-8H,9H2,(H,18,19). The molecule has 2 rings (SSSR count). The molecule has 0 aliphatic rings. The number of amides is 1. The van der Waals surface area contributed by atoms with Gasteiger partial charge in [-0.05, 0) is 18.2 Å². The molecular formula is C15H11ClINO2. The Labute approximate surface area is 135 Å². The largest absolute Gasteiger partial charge is 0.325 e. The van der Waals surface area contributed by atoms with E-state index >= 15 is 0 Å². The van der Waals surface area contributed by atoms with E-state index in [1.807, 2.05) is 28.7 Å². The summed E-state index contributed by atoms with van der Waals surface area (Å²) in [5.41, 5.74) is 1.42. The fourth-order valence-corrected chi connectivity index (χ4v) is 2.10. The summed E-state index contributed by atoms with van der Waals surface area (Å²) in [6.07, 6.45) is 0. The molecule has 0 saturated carbocycles. The van der Waals surface area contributed by atoms with E-state index in [4.69, 9.17) is 11.6 Å². The average molecular weight is 400 g/mol. The van der Waals surface area contributed by atoms with Crippen molar-refractivity contribution in [3.05, 3.63) is 64.7 Å². The van der Waals surface area contributed by atoms with Crippen LogP contribution in [0.5, 0.6) is 0 Å². The number of benzene rings is 2. The van der Waals surface area contributed by atoms with Gasteiger partial charge in [0, 0.05) is 16.1 Å². The SMILES string of the molecule is O=C(CI)Nc1ccc(Cl)cc1C(=O)c1ccccc1. The van der Waals surface area contributed by atoms with Crippen LogP contribution in [-0.2, 0) is 4.79 Å². The van der Waals surface area contributed by atoms with Gasteiger partial charge in [-0.1, -0.05) is 64.5 Å². The minimum absolute atomic E-state index is 0.157. The van der Waals surface area contributed by atoms with Crippen LogP contribution in [0.15, 0.2) is 48.5 Å². The molecule has 0 radical (unpaired) electrons. The van der Waals surface area contributed by atoms with Crippen LogP contribution in [0.1, 0.15) is 15.9 Å². The number of nitrogens with one attached hydrogen (secondary N) is 1. The fraction of sp³-hybridized carbons (Fsp3) is 0.0667. The van der Waals surface area contributed by atoms with Crippen LogP contribution in [-0.4, -0.2) is 16.1 Å². The Hall–Kier alpha value is -1.40. The normalized spacial score (nSPS) is 10.1. The second-order valence-electron chi connectivity index (χ2n) is 4.07. The highest BCUT2D eigenvalue weighted by Crippen LogP contribution is 2.23. The quantitative estimate of drug-likeness (QED) is 0.481. The number of anilines is 1. The second-order valence-corrected chi connectivity index (χ2v) is 5.27. The van der Waals surface area contributed by atoms with Crippen molar-refractivity contribution in [1.29, 1.82) is 0 Å². The molecule has 0 aliphatic heterocycles. The summed E-state index contributed by atoms with van der Waals surface area (Å²) in [4.78, 5) is 24.0. The number of carbonyl (C=O) groups excluding carboxylic acids is 2. The highest BCUT2D eigenvalue weighted by Gasteiger charge is 2.15. The molecule has 0 fully saturated rings. The summed E-state index contributed by atoms with van der Waals surface area (Å²) in [7, 11) is 0. The first-order chi connectivity index (χ1) is 9.61. The van der Waals surface area contributed by atoms with Crippen molar-refractivity contribution in [3.8, 4) is 0 Å². The molecule has 0 bridgehead atoms. The summed E-state index contributed by atoms with van der Waals surface area (Å²) in [5, 5.41) is 3.17. The van der Waals surface area contributed by atoms with Crippen molar-refractivity contribution < 1.29 is 9.59 Å². The molecular weight excluding hydrogens is 389 g/mol. The maximum atomic E-state index is 12.5. The van der Waals surface area contributed by atoms with Gasteiger partial charge in [-0.25, -0.2) is 0 Å². The Morgan fingerprint density at radius 2 is 1.80 bits per heavy atom. The van der Waals surface area contributed by atoms with Crippen LogP contribution in [0.4, 0.5) is 5.69 Å². The first kappa shape index (κ1) is 15.0. The van der Waals surface area contributed by atoms with E-state index in [9.17, 15) is 9.59 Å². The van der Waals surface area contributed by atoms with Crippen LogP contribution in [0, 0.1) is 0 Å². The van der Waals surface area contributed by atoms with Gasteiger partial charge in [-0.3, -0.25) is 9.59 Å². The molecule has 102 valence electrons. The summed E-state index contributed by atoms with van der Waals surface area (Å²) >= 11 is 7.92. The van der Waals surface area contributed by atoms with Crippen LogP contribution in [0.25, 0.3) is 0 Å². The van der Waals surface area contributed by atoms with E-state index in [-0.39, 0.29) is 11.7 Å². The summed E-state index contributed by atoms with van der Waals surface area (Å²) < 4.78 is 0.319. The van der Waals surface area contributed by atoms with Crippen LogP contribution in [0.3, 0.4) is 0 Å². The first-order valence-corrected chi connectivity index (χ1v) is 7.77. The van der Waals surface area contributed by atoms with Crippen LogP contribution in [0.2, 0.25) is 5.02 Å². The molecule has 0 aliphatic carbocycles. The molecule has 0 saturated heterocycles. The number of alkyl halides is 1. The maximum Gasteiger partial charge on any atom is 0.234 e. The summed E-state index contributed by atoms with van der Waals surface area (Å²) in [6.45, 7) is 0. The van der Waals surface area contributed by atoms with Crippen molar-refractivity contribution in [3.63, 3.8) is 0 Å². The summed E-state index contributed by atoms with van der Waals surface area (Å²) in [6, 6.07) is 13.7. The lowest BCUT2D eigenvalue weighted by Crippen LogP contribution is -2.15. The Morgan fingerprint density at radius 1 is 1.10 bits per heavy atom. The number of halogens is 2. The minimum atomic E-state index is -0.170. The van der Waals surface area contributed by atoms with Gasteiger partial charge in [0.05, 0.1) is 10.1 Å².